The van der Waals surface area contributed by atoms with Crippen LogP contribution < -0.4 is 5.73 Å². The highest BCUT2D eigenvalue weighted by atomic mass is 16.3. The summed E-state index contributed by atoms with van der Waals surface area (Å²) in [6.45, 7) is 4.05. The summed E-state index contributed by atoms with van der Waals surface area (Å²) in [5.41, 5.74) is 7.07. The molecule has 0 aliphatic carbocycles. The molecule has 1 atom stereocenters. The van der Waals surface area contributed by atoms with Gasteiger partial charge in [0.05, 0.1) is 0 Å². The lowest BCUT2D eigenvalue weighted by atomic mass is 9.80. The van der Waals surface area contributed by atoms with E-state index in [-0.39, 0.29) is 18.1 Å². The summed E-state index contributed by atoms with van der Waals surface area (Å²) in [4.78, 5) is 0. The average Bonchev–Trinajstić information content (AvgIpc) is 2.37. The van der Waals surface area contributed by atoms with Crippen molar-refractivity contribution >= 4 is 10.8 Å². The van der Waals surface area contributed by atoms with Gasteiger partial charge >= 0.3 is 0 Å². The second-order valence-electron chi connectivity index (χ2n) is 5.19. The molecule has 0 aromatic heterocycles. The molecule has 0 aliphatic heterocycles. The monoisotopic (exact) mass is 229 g/mol. The lowest BCUT2D eigenvalue weighted by Gasteiger charge is -2.30. The minimum atomic E-state index is -0.315. The molecule has 0 heterocycles. The topological polar surface area (TPSA) is 46.2 Å². The zero-order chi connectivity index (χ0) is 12.5. The third-order valence-electron chi connectivity index (χ3n) is 3.41. The van der Waals surface area contributed by atoms with E-state index in [1.54, 1.807) is 0 Å². The Morgan fingerprint density at radius 3 is 2.47 bits per heavy atom. The van der Waals surface area contributed by atoms with E-state index < -0.39 is 0 Å². The molecule has 0 saturated carbocycles. The molecule has 0 amide bonds. The third kappa shape index (κ3) is 2.19. The molecule has 0 bridgehead atoms. The Bertz CT molecular complexity index is 514. The fraction of sp³-hybridized carbons (Fsp3) is 0.333. The van der Waals surface area contributed by atoms with E-state index in [9.17, 15) is 5.11 Å². The van der Waals surface area contributed by atoms with Gasteiger partial charge in [-0.1, -0.05) is 56.3 Å². The van der Waals surface area contributed by atoms with Crippen LogP contribution in [0.3, 0.4) is 0 Å². The highest BCUT2D eigenvalue weighted by Gasteiger charge is 2.27. The van der Waals surface area contributed by atoms with Crippen LogP contribution in [-0.2, 0) is 0 Å². The van der Waals surface area contributed by atoms with E-state index in [1.165, 1.54) is 10.8 Å². The molecule has 2 aromatic rings. The summed E-state index contributed by atoms with van der Waals surface area (Å²) in [6.07, 6.45) is 0. The Hall–Kier alpha value is -1.38. The summed E-state index contributed by atoms with van der Waals surface area (Å²) < 4.78 is 0. The molecule has 2 rings (SSSR count). The third-order valence-corrected chi connectivity index (χ3v) is 3.41. The average molecular weight is 229 g/mol. The normalized spacial score (nSPS) is 13.9. The van der Waals surface area contributed by atoms with E-state index in [1.807, 2.05) is 38.1 Å². The number of benzene rings is 2. The van der Waals surface area contributed by atoms with Gasteiger partial charge in [0.1, 0.15) is 0 Å². The number of hydrogen-bond acceptors (Lipinski definition) is 2. The molecule has 0 radical (unpaired) electrons. The van der Waals surface area contributed by atoms with E-state index in [0.717, 1.165) is 5.56 Å². The number of hydrogen-bond donors (Lipinski definition) is 2. The van der Waals surface area contributed by atoms with Crippen molar-refractivity contribution < 1.29 is 5.11 Å². The Kier molecular flexibility index (Phi) is 3.18. The van der Waals surface area contributed by atoms with Crippen LogP contribution in [0.4, 0.5) is 0 Å². The van der Waals surface area contributed by atoms with Gasteiger partial charge in [0.15, 0.2) is 0 Å². The molecule has 2 heteroatoms. The largest absolute Gasteiger partial charge is 0.396 e. The Labute approximate surface area is 102 Å². The number of nitrogens with two attached hydrogens (primary N) is 1. The van der Waals surface area contributed by atoms with Crippen LogP contribution >= 0.6 is 0 Å². The predicted octanol–water partition coefficient (Wildman–Crippen LogP) is 2.86. The molecule has 17 heavy (non-hydrogen) atoms. The van der Waals surface area contributed by atoms with Gasteiger partial charge in [0.2, 0.25) is 0 Å². The molecular weight excluding hydrogens is 210 g/mol. The first kappa shape index (κ1) is 12.1. The zero-order valence-corrected chi connectivity index (χ0v) is 10.4. The maximum absolute atomic E-state index is 9.42. The molecule has 3 N–H and O–H groups in total. The van der Waals surface area contributed by atoms with E-state index >= 15 is 0 Å². The van der Waals surface area contributed by atoms with Crippen molar-refractivity contribution in [3.05, 3.63) is 48.0 Å². The van der Waals surface area contributed by atoms with Gasteiger partial charge in [-0.3, -0.25) is 0 Å². The minimum Gasteiger partial charge on any atom is -0.396 e. The Morgan fingerprint density at radius 2 is 1.76 bits per heavy atom. The number of aliphatic hydroxyl groups excluding tert-OH is 1. The van der Waals surface area contributed by atoms with Crippen molar-refractivity contribution in [3.8, 4) is 0 Å². The molecule has 0 aliphatic rings. The first-order chi connectivity index (χ1) is 8.06. The van der Waals surface area contributed by atoms with Crippen molar-refractivity contribution in [2.45, 2.75) is 19.9 Å². The lowest BCUT2D eigenvalue weighted by molar-refractivity contribution is 0.133. The summed E-state index contributed by atoms with van der Waals surface area (Å²) in [5.74, 6) is 0. The van der Waals surface area contributed by atoms with Crippen molar-refractivity contribution in [2.24, 2.45) is 11.1 Å². The van der Waals surface area contributed by atoms with Crippen molar-refractivity contribution in [3.63, 3.8) is 0 Å². The van der Waals surface area contributed by atoms with Gasteiger partial charge in [0.25, 0.3) is 0 Å². The smallest absolute Gasteiger partial charge is 0.0500 e. The standard InChI is InChI=1S/C15H19NO/c1-15(2,10-17)14(16)13-9-5-7-11-6-3-4-8-12(11)13/h3-9,14,17H,10,16H2,1-2H3/t14-/m1/s1. The Balaban J connectivity index is 2.56. The highest BCUT2D eigenvalue weighted by molar-refractivity contribution is 5.86. The summed E-state index contributed by atoms with van der Waals surface area (Å²) >= 11 is 0. The molecule has 0 saturated heterocycles. The predicted molar refractivity (Wildman–Crippen MR) is 71.7 cm³/mol. The van der Waals surface area contributed by atoms with E-state index in [0.29, 0.717) is 0 Å². The number of fused-ring (bicyclic) bond motifs is 1. The van der Waals surface area contributed by atoms with Crippen LogP contribution in [0.5, 0.6) is 0 Å². The van der Waals surface area contributed by atoms with E-state index in [4.69, 9.17) is 5.73 Å². The first-order valence-corrected chi connectivity index (χ1v) is 5.90. The van der Waals surface area contributed by atoms with Crippen LogP contribution in [0, 0.1) is 5.41 Å². The van der Waals surface area contributed by atoms with Gasteiger partial charge in [0, 0.05) is 18.1 Å². The Morgan fingerprint density at radius 1 is 1.12 bits per heavy atom. The molecule has 0 spiro atoms. The molecule has 0 fully saturated rings. The SMILES string of the molecule is CC(C)(CO)[C@H](N)c1cccc2ccccc12. The molecule has 2 nitrogen and oxygen atoms in total. The quantitative estimate of drug-likeness (QED) is 0.850. The molecule has 2 aromatic carbocycles. The second-order valence-corrected chi connectivity index (χ2v) is 5.19. The first-order valence-electron chi connectivity index (χ1n) is 5.90. The second kappa shape index (κ2) is 4.47. The zero-order valence-electron chi connectivity index (χ0n) is 10.4. The van der Waals surface area contributed by atoms with Gasteiger partial charge in [-0.2, -0.15) is 0 Å². The molecular formula is C15H19NO. The van der Waals surface area contributed by atoms with Gasteiger partial charge in [-0.05, 0) is 16.3 Å². The molecule has 0 unspecified atom stereocenters. The highest BCUT2D eigenvalue weighted by Crippen LogP contribution is 2.34. The van der Waals surface area contributed by atoms with Crippen LogP contribution in [0.2, 0.25) is 0 Å². The van der Waals surface area contributed by atoms with Crippen molar-refractivity contribution in [1.82, 2.24) is 0 Å². The van der Waals surface area contributed by atoms with Gasteiger partial charge in [-0.15, -0.1) is 0 Å². The van der Waals surface area contributed by atoms with Crippen LogP contribution in [-0.4, -0.2) is 11.7 Å². The minimum absolute atomic E-state index is 0.0807. The van der Waals surface area contributed by atoms with Crippen LogP contribution in [0.1, 0.15) is 25.5 Å². The summed E-state index contributed by atoms with van der Waals surface area (Å²) in [7, 11) is 0. The van der Waals surface area contributed by atoms with Crippen LogP contribution in [0.25, 0.3) is 10.8 Å². The fourth-order valence-corrected chi connectivity index (χ4v) is 2.04. The summed E-state index contributed by atoms with van der Waals surface area (Å²) in [6, 6.07) is 14.2. The van der Waals surface area contributed by atoms with E-state index in [2.05, 4.69) is 18.2 Å². The maximum Gasteiger partial charge on any atom is 0.0500 e. The van der Waals surface area contributed by atoms with Gasteiger partial charge < -0.3 is 10.8 Å². The van der Waals surface area contributed by atoms with Crippen molar-refractivity contribution in [2.75, 3.05) is 6.61 Å². The lowest BCUT2D eigenvalue weighted by Crippen LogP contribution is -2.32. The van der Waals surface area contributed by atoms with Crippen LogP contribution in [0.15, 0.2) is 42.5 Å². The molecule has 90 valence electrons. The fourth-order valence-electron chi connectivity index (χ4n) is 2.04. The van der Waals surface area contributed by atoms with Gasteiger partial charge in [-0.25, -0.2) is 0 Å². The van der Waals surface area contributed by atoms with Crippen molar-refractivity contribution in [1.29, 1.82) is 0 Å². The number of aliphatic hydroxyl groups is 1. The summed E-state index contributed by atoms with van der Waals surface area (Å²) in [5, 5.41) is 11.8. The number of rotatable bonds is 3. The maximum atomic E-state index is 9.42.